The van der Waals surface area contributed by atoms with Crippen LogP contribution in [-0.4, -0.2) is 5.91 Å². The minimum atomic E-state index is -0.0229. The Bertz CT molecular complexity index is 819. The van der Waals surface area contributed by atoms with Gasteiger partial charge in [-0.25, -0.2) is 0 Å². The molecule has 0 saturated carbocycles. The second-order valence-electron chi connectivity index (χ2n) is 5.67. The van der Waals surface area contributed by atoms with Crippen LogP contribution in [0.25, 0.3) is 10.8 Å². The summed E-state index contributed by atoms with van der Waals surface area (Å²) >= 11 is 0. The molecule has 2 aromatic carbocycles. The van der Waals surface area contributed by atoms with E-state index >= 15 is 0 Å². The Morgan fingerprint density at radius 1 is 1.00 bits per heavy atom. The lowest BCUT2D eigenvalue weighted by Crippen LogP contribution is -2.39. The molecule has 1 amide bonds. The van der Waals surface area contributed by atoms with Gasteiger partial charge in [0.2, 0.25) is 6.54 Å². The van der Waals surface area contributed by atoms with E-state index in [9.17, 15) is 4.79 Å². The monoisotopic (exact) mass is 291 g/mol. The Kier molecular flexibility index (Phi) is 3.88. The first-order valence-corrected chi connectivity index (χ1v) is 7.36. The topological polar surface area (TPSA) is 33.0 Å². The number of pyridine rings is 1. The smallest absolute Gasteiger partial charge is 0.290 e. The summed E-state index contributed by atoms with van der Waals surface area (Å²) in [7, 11) is 0. The third-order valence-electron chi connectivity index (χ3n) is 3.58. The van der Waals surface area contributed by atoms with Crippen molar-refractivity contribution in [3.8, 4) is 0 Å². The summed E-state index contributed by atoms with van der Waals surface area (Å²) < 4.78 is 1.90. The van der Waals surface area contributed by atoms with Gasteiger partial charge in [-0.2, -0.15) is 4.57 Å². The molecule has 3 heteroatoms. The van der Waals surface area contributed by atoms with E-state index in [4.69, 9.17) is 0 Å². The van der Waals surface area contributed by atoms with Crippen LogP contribution in [0.1, 0.15) is 11.1 Å². The largest absolute Gasteiger partial charge is 0.321 e. The fourth-order valence-corrected chi connectivity index (χ4v) is 2.69. The molecule has 0 saturated heterocycles. The van der Waals surface area contributed by atoms with Crippen molar-refractivity contribution in [3.63, 3.8) is 0 Å². The molecule has 22 heavy (non-hydrogen) atoms. The molecule has 3 rings (SSSR count). The molecular weight excluding hydrogens is 272 g/mol. The zero-order chi connectivity index (χ0) is 15.5. The summed E-state index contributed by atoms with van der Waals surface area (Å²) in [4.78, 5) is 12.2. The average Bonchev–Trinajstić information content (AvgIpc) is 2.45. The molecule has 3 nitrogen and oxygen atoms in total. The van der Waals surface area contributed by atoms with E-state index in [1.165, 1.54) is 5.39 Å². The summed E-state index contributed by atoms with van der Waals surface area (Å²) in [5.74, 6) is -0.0229. The number of fused-ring (bicyclic) bond motifs is 1. The van der Waals surface area contributed by atoms with E-state index in [-0.39, 0.29) is 5.91 Å². The Balaban J connectivity index is 1.75. The molecule has 3 aromatic rings. The summed E-state index contributed by atoms with van der Waals surface area (Å²) in [5.41, 5.74) is 3.14. The zero-order valence-corrected chi connectivity index (χ0v) is 12.8. The van der Waals surface area contributed by atoms with E-state index in [2.05, 4.69) is 17.4 Å². The molecule has 0 aliphatic heterocycles. The van der Waals surface area contributed by atoms with Crippen LogP contribution in [0.3, 0.4) is 0 Å². The third-order valence-corrected chi connectivity index (χ3v) is 3.58. The van der Waals surface area contributed by atoms with Crippen molar-refractivity contribution >= 4 is 22.4 Å². The van der Waals surface area contributed by atoms with Gasteiger partial charge in [0.05, 0.1) is 0 Å². The van der Waals surface area contributed by atoms with Crippen molar-refractivity contribution in [1.29, 1.82) is 0 Å². The number of anilines is 1. The first kappa shape index (κ1) is 14.3. The standard InChI is InChI=1S/C19H18N2O/c1-14-9-15(2)11-18(10-14)20-19(22)13-21-8-7-16-5-3-4-6-17(16)12-21/h3-12H,13H2,1-2H3/p+1. The molecular formula is C19H19N2O+. The SMILES string of the molecule is Cc1cc(C)cc(NC(=O)C[n+]2ccc3ccccc3c2)c1. The van der Waals surface area contributed by atoms with Crippen LogP contribution < -0.4 is 9.88 Å². The van der Waals surface area contributed by atoms with E-state index in [0.29, 0.717) is 6.54 Å². The molecule has 110 valence electrons. The van der Waals surface area contributed by atoms with Crippen molar-refractivity contribution in [2.24, 2.45) is 0 Å². The maximum atomic E-state index is 12.2. The predicted octanol–water partition coefficient (Wildman–Crippen LogP) is 3.38. The van der Waals surface area contributed by atoms with Crippen molar-refractivity contribution in [3.05, 3.63) is 72.1 Å². The fraction of sp³-hybridized carbons (Fsp3) is 0.158. The highest BCUT2D eigenvalue weighted by atomic mass is 16.1. The normalized spacial score (nSPS) is 10.6. The molecule has 0 aliphatic carbocycles. The van der Waals surface area contributed by atoms with Crippen LogP contribution >= 0.6 is 0 Å². The number of hydrogen-bond donors (Lipinski definition) is 1. The highest BCUT2D eigenvalue weighted by Gasteiger charge is 2.10. The van der Waals surface area contributed by atoms with Gasteiger partial charge in [-0.15, -0.1) is 0 Å². The summed E-state index contributed by atoms with van der Waals surface area (Å²) in [5, 5.41) is 5.26. The van der Waals surface area contributed by atoms with Crippen molar-refractivity contribution in [2.75, 3.05) is 5.32 Å². The van der Waals surface area contributed by atoms with Gasteiger partial charge in [0, 0.05) is 17.1 Å². The highest BCUT2D eigenvalue weighted by Crippen LogP contribution is 2.13. The maximum absolute atomic E-state index is 12.2. The minimum Gasteiger partial charge on any atom is -0.321 e. The predicted molar refractivity (Wildman–Crippen MR) is 88.7 cm³/mol. The van der Waals surface area contributed by atoms with Crippen molar-refractivity contribution < 1.29 is 9.36 Å². The molecule has 0 spiro atoms. The Morgan fingerprint density at radius 3 is 2.41 bits per heavy atom. The maximum Gasteiger partial charge on any atom is 0.290 e. The first-order valence-electron chi connectivity index (χ1n) is 7.36. The first-order chi connectivity index (χ1) is 10.6. The van der Waals surface area contributed by atoms with Crippen molar-refractivity contribution in [1.82, 2.24) is 0 Å². The summed E-state index contributed by atoms with van der Waals surface area (Å²) in [6, 6.07) is 16.2. The van der Waals surface area contributed by atoms with Gasteiger partial charge in [0.1, 0.15) is 0 Å². The quantitative estimate of drug-likeness (QED) is 0.737. The van der Waals surface area contributed by atoms with Crippen LogP contribution in [0.15, 0.2) is 60.9 Å². The third kappa shape index (κ3) is 3.31. The summed E-state index contributed by atoms with van der Waals surface area (Å²) in [6.45, 7) is 4.36. The Morgan fingerprint density at radius 2 is 1.68 bits per heavy atom. The number of carbonyl (C=O) groups excluding carboxylic acids is 1. The molecule has 1 heterocycles. The molecule has 0 aliphatic rings. The van der Waals surface area contributed by atoms with Gasteiger partial charge < -0.3 is 5.32 Å². The number of carbonyl (C=O) groups is 1. The molecule has 1 N–H and O–H groups in total. The van der Waals surface area contributed by atoms with Gasteiger partial charge in [-0.05, 0) is 48.6 Å². The number of nitrogens with zero attached hydrogens (tertiary/aromatic N) is 1. The lowest BCUT2D eigenvalue weighted by Gasteiger charge is -2.06. The van der Waals surface area contributed by atoms with Crippen LogP contribution in [0, 0.1) is 13.8 Å². The number of aryl methyl sites for hydroxylation is 2. The van der Waals surface area contributed by atoms with E-state index < -0.39 is 0 Å². The van der Waals surface area contributed by atoms with Gasteiger partial charge in [-0.1, -0.05) is 24.3 Å². The van der Waals surface area contributed by atoms with E-state index in [1.807, 2.05) is 67.2 Å². The van der Waals surface area contributed by atoms with E-state index in [1.54, 1.807) is 0 Å². The van der Waals surface area contributed by atoms with Gasteiger partial charge in [0.25, 0.3) is 5.91 Å². The number of rotatable bonds is 3. The van der Waals surface area contributed by atoms with Crippen LogP contribution in [0.4, 0.5) is 5.69 Å². The number of amides is 1. The molecule has 0 atom stereocenters. The number of nitrogens with one attached hydrogen (secondary N) is 1. The minimum absolute atomic E-state index is 0.0229. The van der Waals surface area contributed by atoms with Gasteiger partial charge in [0.15, 0.2) is 12.4 Å². The zero-order valence-electron chi connectivity index (χ0n) is 12.8. The highest BCUT2D eigenvalue weighted by molar-refractivity contribution is 5.90. The number of hydrogen-bond acceptors (Lipinski definition) is 1. The average molecular weight is 291 g/mol. The second-order valence-corrected chi connectivity index (χ2v) is 5.67. The molecule has 0 unspecified atom stereocenters. The molecule has 0 fully saturated rings. The van der Waals surface area contributed by atoms with Crippen LogP contribution in [0.5, 0.6) is 0 Å². The van der Waals surface area contributed by atoms with E-state index in [0.717, 1.165) is 22.2 Å². The molecule has 1 aromatic heterocycles. The van der Waals surface area contributed by atoms with Crippen molar-refractivity contribution in [2.45, 2.75) is 20.4 Å². The summed E-state index contributed by atoms with van der Waals surface area (Å²) in [6.07, 6.45) is 3.93. The second kappa shape index (κ2) is 5.98. The number of aromatic nitrogens is 1. The Labute approximate surface area is 130 Å². The van der Waals surface area contributed by atoms with Crippen LogP contribution in [0.2, 0.25) is 0 Å². The number of benzene rings is 2. The molecule has 0 bridgehead atoms. The van der Waals surface area contributed by atoms with Gasteiger partial charge in [-0.3, -0.25) is 4.79 Å². The van der Waals surface area contributed by atoms with Gasteiger partial charge >= 0.3 is 0 Å². The lowest BCUT2D eigenvalue weighted by atomic mass is 10.1. The lowest BCUT2D eigenvalue weighted by molar-refractivity contribution is -0.682. The van der Waals surface area contributed by atoms with Crippen LogP contribution in [-0.2, 0) is 11.3 Å². The molecule has 0 radical (unpaired) electrons. The Hall–Kier alpha value is -2.68. The fourth-order valence-electron chi connectivity index (χ4n) is 2.69.